The lowest BCUT2D eigenvalue weighted by Gasteiger charge is -2.43. The van der Waals surface area contributed by atoms with Gasteiger partial charge in [-0.1, -0.05) is 45.4 Å². The Morgan fingerprint density at radius 2 is 1.18 bits per heavy atom. The Labute approximate surface area is 127 Å². The average Bonchev–Trinajstić information content (AvgIpc) is 2.39. The molecular formula is C14H18O8-4. The molecule has 126 valence electrons. The van der Waals surface area contributed by atoms with E-state index < -0.39 is 41.6 Å². The van der Waals surface area contributed by atoms with Gasteiger partial charge in [-0.15, -0.1) is 0 Å². The predicted octanol–water partition coefficient (Wildman–Crippen LogP) is -3.66. The smallest absolute Gasteiger partial charge is 0.0967 e. The molecule has 0 heterocycles. The number of unbranched alkanes of at least 4 members (excludes halogenated alkanes) is 5. The van der Waals surface area contributed by atoms with Crippen LogP contribution >= 0.6 is 0 Å². The van der Waals surface area contributed by atoms with E-state index in [1.807, 2.05) is 6.92 Å². The van der Waals surface area contributed by atoms with E-state index >= 15 is 0 Å². The molecule has 0 rings (SSSR count). The van der Waals surface area contributed by atoms with Crippen LogP contribution in [-0.4, -0.2) is 23.9 Å². The first-order valence-corrected chi connectivity index (χ1v) is 7.08. The van der Waals surface area contributed by atoms with Crippen LogP contribution < -0.4 is 20.4 Å². The van der Waals surface area contributed by atoms with E-state index in [4.69, 9.17) is 0 Å². The second kappa shape index (κ2) is 9.01. The SMILES string of the molecule is CCCCCCCCC(C(=O)[O-])C(C(=O)[O-])(C(=O)[O-])C(=O)[O-]. The lowest BCUT2D eigenvalue weighted by atomic mass is 9.72. The Balaban J connectivity index is 5.10. The van der Waals surface area contributed by atoms with Gasteiger partial charge in [0.2, 0.25) is 0 Å². The predicted molar refractivity (Wildman–Crippen MR) is 63.9 cm³/mol. The summed E-state index contributed by atoms with van der Waals surface area (Å²) in [5.41, 5.74) is -3.76. The molecule has 0 saturated heterocycles. The van der Waals surface area contributed by atoms with Gasteiger partial charge in [0.25, 0.3) is 0 Å². The first-order chi connectivity index (χ1) is 10.2. The van der Waals surface area contributed by atoms with Gasteiger partial charge in [-0.05, 0) is 6.42 Å². The summed E-state index contributed by atoms with van der Waals surface area (Å²) in [5, 5.41) is 44.0. The summed E-state index contributed by atoms with van der Waals surface area (Å²) in [6.07, 6.45) is 3.74. The average molecular weight is 314 g/mol. The Bertz CT molecular complexity index is 393. The second-order valence-electron chi connectivity index (χ2n) is 5.10. The van der Waals surface area contributed by atoms with Gasteiger partial charge in [0.15, 0.2) is 0 Å². The maximum absolute atomic E-state index is 11.0. The Hall–Kier alpha value is -2.12. The van der Waals surface area contributed by atoms with Crippen molar-refractivity contribution in [2.75, 3.05) is 0 Å². The van der Waals surface area contributed by atoms with E-state index in [0.717, 1.165) is 25.7 Å². The van der Waals surface area contributed by atoms with Crippen molar-refractivity contribution in [2.24, 2.45) is 11.3 Å². The molecule has 0 radical (unpaired) electrons. The summed E-state index contributed by atoms with van der Waals surface area (Å²) in [6.45, 7) is 2.00. The van der Waals surface area contributed by atoms with Crippen LogP contribution in [-0.2, 0) is 19.2 Å². The van der Waals surface area contributed by atoms with Crippen molar-refractivity contribution < 1.29 is 39.6 Å². The van der Waals surface area contributed by atoms with Gasteiger partial charge in [0.1, 0.15) is 0 Å². The first kappa shape index (κ1) is 19.9. The zero-order chi connectivity index (χ0) is 17.3. The van der Waals surface area contributed by atoms with Crippen LogP contribution in [0.4, 0.5) is 0 Å². The maximum Gasteiger partial charge on any atom is 0.0967 e. The van der Waals surface area contributed by atoms with E-state index in [-0.39, 0.29) is 6.42 Å². The van der Waals surface area contributed by atoms with Crippen molar-refractivity contribution >= 4 is 23.9 Å². The van der Waals surface area contributed by atoms with Crippen LogP contribution in [0.25, 0.3) is 0 Å². The lowest BCUT2D eigenvalue weighted by molar-refractivity contribution is -0.371. The molecule has 8 heteroatoms. The molecule has 0 aromatic carbocycles. The summed E-state index contributed by atoms with van der Waals surface area (Å²) in [4.78, 5) is 44.0. The van der Waals surface area contributed by atoms with Crippen molar-refractivity contribution in [1.82, 2.24) is 0 Å². The molecule has 0 aromatic heterocycles. The van der Waals surface area contributed by atoms with Crippen LogP contribution in [0.15, 0.2) is 0 Å². The fourth-order valence-electron chi connectivity index (χ4n) is 2.32. The number of carbonyl (C=O) groups is 4. The zero-order valence-corrected chi connectivity index (χ0v) is 12.3. The third kappa shape index (κ3) is 4.44. The van der Waals surface area contributed by atoms with Crippen LogP contribution in [0, 0.1) is 11.3 Å². The quantitative estimate of drug-likeness (QED) is 0.263. The molecular weight excluding hydrogens is 296 g/mol. The van der Waals surface area contributed by atoms with Crippen molar-refractivity contribution in [3.05, 3.63) is 0 Å². The maximum atomic E-state index is 11.0. The van der Waals surface area contributed by atoms with E-state index in [2.05, 4.69) is 0 Å². The molecule has 1 atom stereocenters. The third-order valence-corrected chi connectivity index (χ3v) is 3.62. The zero-order valence-electron chi connectivity index (χ0n) is 12.3. The minimum atomic E-state index is -3.76. The highest BCUT2D eigenvalue weighted by molar-refractivity contribution is 6.17. The second-order valence-corrected chi connectivity index (χ2v) is 5.10. The molecule has 22 heavy (non-hydrogen) atoms. The molecule has 0 N–H and O–H groups in total. The van der Waals surface area contributed by atoms with Gasteiger partial charge in [0, 0.05) is 11.9 Å². The summed E-state index contributed by atoms with van der Waals surface area (Å²) >= 11 is 0. The van der Waals surface area contributed by atoms with Crippen molar-refractivity contribution in [3.8, 4) is 0 Å². The number of carbonyl (C=O) groups excluding carboxylic acids is 4. The highest BCUT2D eigenvalue weighted by atomic mass is 16.4. The number of aliphatic carboxylic acids is 4. The molecule has 1 unspecified atom stereocenters. The molecule has 8 nitrogen and oxygen atoms in total. The number of carboxylic acids is 4. The van der Waals surface area contributed by atoms with Gasteiger partial charge in [-0.2, -0.15) is 0 Å². The van der Waals surface area contributed by atoms with E-state index in [1.165, 1.54) is 0 Å². The summed E-state index contributed by atoms with van der Waals surface area (Å²) in [7, 11) is 0. The van der Waals surface area contributed by atoms with Crippen molar-refractivity contribution in [1.29, 1.82) is 0 Å². The van der Waals surface area contributed by atoms with Gasteiger partial charge < -0.3 is 39.6 Å². The van der Waals surface area contributed by atoms with Crippen LogP contribution in [0.5, 0.6) is 0 Å². The van der Waals surface area contributed by atoms with E-state index in [1.54, 1.807) is 0 Å². The Morgan fingerprint density at radius 1 is 0.773 bits per heavy atom. The Kier molecular flexibility index (Phi) is 8.14. The highest BCUT2D eigenvalue weighted by Crippen LogP contribution is 2.31. The number of carboxylic acid groups (broad SMARTS) is 4. The van der Waals surface area contributed by atoms with Gasteiger partial charge in [0.05, 0.1) is 23.3 Å². The third-order valence-electron chi connectivity index (χ3n) is 3.62. The monoisotopic (exact) mass is 314 g/mol. The molecule has 0 spiro atoms. The molecule has 0 aliphatic carbocycles. The molecule has 0 aliphatic heterocycles. The largest absolute Gasteiger partial charge is 0.550 e. The molecule has 0 bridgehead atoms. The summed E-state index contributed by atoms with van der Waals surface area (Å²) < 4.78 is 0. The lowest BCUT2D eigenvalue weighted by Crippen LogP contribution is -2.68. The topological polar surface area (TPSA) is 161 Å². The number of rotatable bonds is 12. The molecule has 0 amide bonds. The molecule has 0 fully saturated rings. The minimum Gasteiger partial charge on any atom is -0.550 e. The van der Waals surface area contributed by atoms with Gasteiger partial charge >= 0.3 is 0 Å². The fraction of sp³-hybridized carbons (Fsp3) is 0.714. The number of hydrogen-bond donors (Lipinski definition) is 0. The van der Waals surface area contributed by atoms with Crippen molar-refractivity contribution in [2.45, 2.75) is 51.9 Å². The van der Waals surface area contributed by atoms with Crippen molar-refractivity contribution in [3.63, 3.8) is 0 Å². The van der Waals surface area contributed by atoms with Gasteiger partial charge in [-0.25, -0.2) is 0 Å². The normalized spacial score (nSPS) is 12.6. The minimum absolute atomic E-state index is 0.137. The Morgan fingerprint density at radius 3 is 1.55 bits per heavy atom. The first-order valence-electron chi connectivity index (χ1n) is 7.08. The summed E-state index contributed by atoms with van der Waals surface area (Å²) in [5.74, 6) is -12.2. The fourth-order valence-corrected chi connectivity index (χ4v) is 2.32. The van der Waals surface area contributed by atoms with Crippen LogP contribution in [0.2, 0.25) is 0 Å². The summed E-state index contributed by atoms with van der Waals surface area (Å²) in [6, 6.07) is 0. The standard InChI is InChI=1S/C14H22O8/c1-2-3-4-5-6-7-8-9(10(15)16)14(11(17)18,12(19)20)13(21)22/h9H,2-8H2,1H3,(H,15,16)(H,17,18)(H,19,20)(H,21,22)/p-4. The van der Waals surface area contributed by atoms with Gasteiger partial charge in [-0.3, -0.25) is 0 Å². The van der Waals surface area contributed by atoms with E-state index in [9.17, 15) is 39.6 Å². The molecule has 0 saturated carbocycles. The van der Waals surface area contributed by atoms with Crippen LogP contribution in [0.1, 0.15) is 51.9 Å². The van der Waals surface area contributed by atoms with Crippen LogP contribution in [0.3, 0.4) is 0 Å². The number of hydrogen-bond acceptors (Lipinski definition) is 8. The molecule has 0 aliphatic rings. The van der Waals surface area contributed by atoms with E-state index in [0.29, 0.717) is 6.42 Å². The molecule has 0 aromatic rings. The highest BCUT2D eigenvalue weighted by Gasteiger charge is 2.44.